The summed E-state index contributed by atoms with van der Waals surface area (Å²) in [6.45, 7) is 4.15. The molecule has 0 radical (unpaired) electrons. The van der Waals surface area contributed by atoms with Gasteiger partial charge in [-0.15, -0.1) is 11.6 Å². The van der Waals surface area contributed by atoms with Crippen LogP contribution in [0.4, 0.5) is 0 Å². The van der Waals surface area contributed by atoms with E-state index < -0.39 is 0 Å². The highest BCUT2D eigenvalue weighted by Crippen LogP contribution is 2.17. The van der Waals surface area contributed by atoms with Gasteiger partial charge in [-0.2, -0.15) is 11.8 Å². The van der Waals surface area contributed by atoms with Gasteiger partial charge in [0.2, 0.25) is 0 Å². The van der Waals surface area contributed by atoms with Gasteiger partial charge in [-0.1, -0.05) is 13.0 Å². The molecule has 0 spiro atoms. The van der Waals surface area contributed by atoms with Gasteiger partial charge in [0.05, 0.1) is 5.69 Å². The van der Waals surface area contributed by atoms with Gasteiger partial charge < -0.3 is 0 Å². The Morgan fingerprint density at radius 2 is 2.31 bits per heavy atom. The number of aromatic nitrogens is 1. The van der Waals surface area contributed by atoms with Crippen molar-refractivity contribution in [2.75, 3.05) is 5.88 Å². The Morgan fingerprint density at radius 1 is 1.54 bits per heavy atom. The molecule has 1 rings (SSSR count). The van der Waals surface area contributed by atoms with Crippen molar-refractivity contribution in [2.45, 2.75) is 24.9 Å². The van der Waals surface area contributed by atoms with Crippen LogP contribution in [0.3, 0.4) is 0 Å². The van der Waals surface area contributed by atoms with E-state index in [1.807, 2.05) is 30.8 Å². The van der Waals surface area contributed by atoms with Gasteiger partial charge in [0.15, 0.2) is 0 Å². The zero-order valence-corrected chi connectivity index (χ0v) is 9.53. The summed E-state index contributed by atoms with van der Waals surface area (Å²) in [5.74, 6) is 1.66. The molecule has 1 aromatic rings. The van der Waals surface area contributed by atoms with Crippen molar-refractivity contribution in [1.82, 2.24) is 4.98 Å². The monoisotopic (exact) mass is 215 g/mol. The Bertz CT molecular complexity index is 265. The van der Waals surface area contributed by atoms with Crippen molar-refractivity contribution in [3.05, 3.63) is 29.6 Å². The van der Waals surface area contributed by atoms with E-state index in [4.69, 9.17) is 11.6 Å². The van der Waals surface area contributed by atoms with Gasteiger partial charge in [0.25, 0.3) is 0 Å². The summed E-state index contributed by atoms with van der Waals surface area (Å²) in [6.07, 6.45) is 0. The van der Waals surface area contributed by atoms with Gasteiger partial charge in [-0.25, -0.2) is 0 Å². The van der Waals surface area contributed by atoms with Crippen LogP contribution in [-0.2, 0) is 5.75 Å². The highest BCUT2D eigenvalue weighted by atomic mass is 35.5. The van der Waals surface area contributed by atoms with E-state index in [1.54, 1.807) is 0 Å². The van der Waals surface area contributed by atoms with E-state index in [0.29, 0.717) is 11.1 Å². The third kappa shape index (κ3) is 4.01. The van der Waals surface area contributed by atoms with E-state index >= 15 is 0 Å². The fourth-order valence-corrected chi connectivity index (χ4v) is 1.92. The molecule has 13 heavy (non-hydrogen) atoms. The van der Waals surface area contributed by atoms with Crippen molar-refractivity contribution < 1.29 is 0 Å². The number of nitrogens with zero attached hydrogens (tertiary/aromatic N) is 1. The molecular weight excluding hydrogens is 202 g/mol. The average molecular weight is 216 g/mol. The molecule has 1 unspecified atom stereocenters. The molecular formula is C10H14ClNS. The minimum atomic E-state index is 0.504. The predicted molar refractivity (Wildman–Crippen MR) is 60.5 cm³/mol. The highest BCUT2D eigenvalue weighted by molar-refractivity contribution is 7.99. The molecule has 0 bridgehead atoms. The van der Waals surface area contributed by atoms with Crippen molar-refractivity contribution >= 4 is 23.4 Å². The number of thioether (sulfide) groups is 1. The van der Waals surface area contributed by atoms with Crippen LogP contribution >= 0.6 is 23.4 Å². The molecule has 0 amide bonds. The molecule has 1 nitrogen and oxygen atoms in total. The molecule has 0 aliphatic heterocycles. The van der Waals surface area contributed by atoms with Crippen LogP contribution in [0.2, 0.25) is 0 Å². The molecule has 1 heterocycles. The largest absolute Gasteiger partial charge is 0.257 e. The normalized spacial score (nSPS) is 12.8. The van der Waals surface area contributed by atoms with Crippen LogP contribution < -0.4 is 0 Å². The van der Waals surface area contributed by atoms with Crippen LogP contribution in [0.25, 0.3) is 0 Å². The minimum absolute atomic E-state index is 0.504. The number of pyridine rings is 1. The Hall–Kier alpha value is -0.210. The van der Waals surface area contributed by atoms with Crippen LogP contribution in [0.15, 0.2) is 18.2 Å². The molecule has 0 aromatic carbocycles. The lowest BCUT2D eigenvalue weighted by atomic mass is 10.3. The van der Waals surface area contributed by atoms with Crippen LogP contribution in [0, 0.1) is 6.92 Å². The maximum Gasteiger partial charge on any atom is 0.0505 e. The quantitative estimate of drug-likeness (QED) is 0.716. The third-order valence-electron chi connectivity index (χ3n) is 1.68. The van der Waals surface area contributed by atoms with Crippen molar-refractivity contribution in [3.63, 3.8) is 0 Å². The molecule has 0 saturated heterocycles. The number of rotatable bonds is 4. The zero-order chi connectivity index (χ0) is 9.68. The first-order valence-electron chi connectivity index (χ1n) is 4.32. The highest BCUT2D eigenvalue weighted by Gasteiger charge is 2.01. The lowest BCUT2D eigenvalue weighted by Gasteiger charge is -2.06. The number of hydrogen-bond donors (Lipinski definition) is 0. The molecule has 0 aliphatic carbocycles. The molecule has 1 aromatic heterocycles. The zero-order valence-electron chi connectivity index (χ0n) is 7.96. The molecule has 0 aliphatic rings. The Kier molecular flexibility index (Phi) is 4.60. The third-order valence-corrected chi connectivity index (χ3v) is 3.52. The Labute approximate surface area is 88.9 Å². The molecule has 0 N–H and O–H groups in total. The standard InChI is InChI=1S/C10H14ClNS/c1-8-4-3-5-10(12-8)7-13-9(2)6-11/h3-5,9H,6-7H2,1-2H3. The smallest absolute Gasteiger partial charge is 0.0505 e. The van der Waals surface area contributed by atoms with Gasteiger partial charge in [-0.05, 0) is 19.1 Å². The van der Waals surface area contributed by atoms with Gasteiger partial charge in [0, 0.05) is 22.6 Å². The SMILES string of the molecule is Cc1cccc(CSC(C)CCl)n1. The second-order valence-electron chi connectivity index (χ2n) is 3.05. The van der Waals surface area contributed by atoms with E-state index in [-0.39, 0.29) is 0 Å². The fourth-order valence-electron chi connectivity index (χ4n) is 0.952. The summed E-state index contributed by atoms with van der Waals surface area (Å²) in [5.41, 5.74) is 2.22. The average Bonchev–Trinajstić information content (AvgIpc) is 2.14. The first-order valence-corrected chi connectivity index (χ1v) is 5.91. The lowest BCUT2D eigenvalue weighted by molar-refractivity contribution is 1.08. The minimum Gasteiger partial charge on any atom is -0.257 e. The predicted octanol–water partition coefficient (Wildman–Crippen LogP) is 3.25. The number of halogens is 1. The number of alkyl halides is 1. The van der Waals surface area contributed by atoms with E-state index in [1.165, 1.54) is 0 Å². The molecule has 72 valence electrons. The molecule has 3 heteroatoms. The summed E-state index contributed by atoms with van der Waals surface area (Å²) in [7, 11) is 0. The molecule has 0 fully saturated rings. The summed E-state index contributed by atoms with van der Waals surface area (Å²) in [4.78, 5) is 4.42. The second-order valence-corrected chi connectivity index (χ2v) is 4.78. The van der Waals surface area contributed by atoms with Crippen molar-refractivity contribution in [1.29, 1.82) is 0 Å². The van der Waals surface area contributed by atoms with Crippen molar-refractivity contribution in [2.24, 2.45) is 0 Å². The Balaban J connectivity index is 2.45. The molecule has 0 saturated carbocycles. The van der Waals surface area contributed by atoms with E-state index in [0.717, 1.165) is 17.1 Å². The number of aryl methyl sites for hydroxylation is 1. The number of hydrogen-bond acceptors (Lipinski definition) is 2. The molecule has 1 atom stereocenters. The fraction of sp³-hybridized carbons (Fsp3) is 0.500. The van der Waals surface area contributed by atoms with E-state index in [9.17, 15) is 0 Å². The maximum atomic E-state index is 5.71. The summed E-state index contributed by atoms with van der Waals surface area (Å²) < 4.78 is 0. The van der Waals surface area contributed by atoms with Crippen LogP contribution in [0.1, 0.15) is 18.3 Å². The van der Waals surface area contributed by atoms with E-state index in [2.05, 4.69) is 18.0 Å². The maximum absolute atomic E-state index is 5.71. The van der Waals surface area contributed by atoms with Gasteiger partial charge in [0.1, 0.15) is 0 Å². The van der Waals surface area contributed by atoms with Crippen LogP contribution in [0.5, 0.6) is 0 Å². The summed E-state index contributed by atoms with van der Waals surface area (Å²) >= 11 is 7.55. The second kappa shape index (κ2) is 5.51. The first-order chi connectivity index (χ1) is 6.22. The van der Waals surface area contributed by atoms with Gasteiger partial charge in [-0.3, -0.25) is 4.98 Å². The van der Waals surface area contributed by atoms with Crippen LogP contribution in [-0.4, -0.2) is 16.1 Å². The lowest BCUT2D eigenvalue weighted by Crippen LogP contribution is -1.99. The topological polar surface area (TPSA) is 12.9 Å². The van der Waals surface area contributed by atoms with Gasteiger partial charge >= 0.3 is 0 Å². The summed E-state index contributed by atoms with van der Waals surface area (Å²) in [6, 6.07) is 6.11. The summed E-state index contributed by atoms with van der Waals surface area (Å²) in [5, 5.41) is 0.504. The van der Waals surface area contributed by atoms with Crippen molar-refractivity contribution in [3.8, 4) is 0 Å². The first kappa shape index (κ1) is 10.9. The Morgan fingerprint density at radius 3 is 2.92 bits per heavy atom.